The van der Waals surface area contributed by atoms with Gasteiger partial charge in [-0.25, -0.2) is 9.48 Å². The number of aromatic nitrogens is 6. The van der Waals surface area contributed by atoms with E-state index in [9.17, 15) is 19.5 Å². The summed E-state index contributed by atoms with van der Waals surface area (Å²) >= 11 is 6.35. The predicted molar refractivity (Wildman–Crippen MR) is 156 cm³/mol. The number of hydrogen-bond donors (Lipinski definition) is 3. The van der Waals surface area contributed by atoms with Crippen molar-refractivity contribution in [2.24, 2.45) is 13.0 Å². The maximum Gasteiger partial charge on any atom is 0.358 e. The number of rotatable bonds is 4. The number of carbonyl (C=O) groups excluding carboxylic acids is 2. The van der Waals surface area contributed by atoms with Crippen molar-refractivity contribution >= 4 is 35.1 Å². The Bertz CT molecular complexity index is 1720. The Balaban J connectivity index is 1.31. The van der Waals surface area contributed by atoms with Gasteiger partial charge in [-0.1, -0.05) is 30.2 Å². The van der Waals surface area contributed by atoms with Gasteiger partial charge in [-0.2, -0.15) is 5.10 Å². The summed E-state index contributed by atoms with van der Waals surface area (Å²) < 4.78 is 3.09. The number of aromatic carboxylic acids is 1. The van der Waals surface area contributed by atoms with E-state index in [0.29, 0.717) is 34.8 Å². The molecule has 3 atom stereocenters. The number of nitrogens with one attached hydrogen (secondary N) is 2. The van der Waals surface area contributed by atoms with Gasteiger partial charge in [-0.05, 0) is 48.7 Å². The maximum absolute atomic E-state index is 13.8. The van der Waals surface area contributed by atoms with Crippen LogP contribution in [0.5, 0.6) is 0 Å². The lowest BCUT2D eigenvalue weighted by molar-refractivity contribution is -0.138. The van der Waals surface area contributed by atoms with Gasteiger partial charge in [-0.3, -0.25) is 24.6 Å². The molecule has 222 valence electrons. The van der Waals surface area contributed by atoms with Crippen molar-refractivity contribution < 1.29 is 19.5 Å². The normalized spacial score (nSPS) is 21.0. The zero-order valence-corrected chi connectivity index (χ0v) is 24.3. The van der Waals surface area contributed by atoms with Gasteiger partial charge < -0.3 is 15.3 Å². The number of carboxylic acid groups (broad SMARTS) is 1. The Hall–Kier alpha value is -4.62. The zero-order chi connectivity index (χ0) is 30.2. The highest BCUT2D eigenvalue weighted by molar-refractivity contribution is 6.30. The second-order valence-corrected chi connectivity index (χ2v) is 11.3. The average Bonchev–Trinajstić information content (AvgIpc) is 3.62. The quantitative estimate of drug-likeness (QED) is 0.316. The van der Waals surface area contributed by atoms with Crippen LogP contribution in [0, 0.1) is 5.92 Å². The summed E-state index contributed by atoms with van der Waals surface area (Å²) in [4.78, 5) is 44.6. The molecular weight excluding hydrogens is 574 g/mol. The predicted octanol–water partition coefficient (Wildman–Crippen LogP) is 3.73. The molecule has 1 fully saturated rings. The molecule has 0 aliphatic carbocycles. The number of carboxylic acids is 1. The third kappa shape index (κ3) is 5.60. The van der Waals surface area contributed by atoms with Crippen LogP contribution in [0.1, 0.15) is 66.4 Å². The molecule has 1 saturated heterocycles. The van der Waals surface area contributed by atoms with Crippen molar-refractivity contribution in [1.82, 2.24) is 40.0 Å². The lowest BCUT2D eigenvalue weighted by atomic mass is 9.94. The lowest BCUT2D eigenvalue weighted by Crippen LogP contribution is -2.49. The summed E-state index contributed by atoms with van der Waals surface area (Å²) in [7, 11) is 1.82. The molecule has 2 bridgehead atoms. The molecule has 0 saturated carbocycles. The van der Waals surface area contributed by atoms with Crippen LogP contribution in [-0.4, -0.2) is 64.2 Å². The lowest BCUT2D eigenvalue weighted by Gasteiger charge is -2.39. The largest absolute Gasteiger partial charge is 0.476 e. The molecule has 1 aromatic carbocycles. The fourth-order valence-corrected chi connectivity index (χ4v) is 5.95. The summed E-state index contributed by atoms with van der Waals surface area (Å²) in [6.07, 6.45) is 6.82. The highest BCUT2D eigenvalue weighted by Crippen LogP contribution is 2.36. The molecule has 2 aliphatic heterocycles. The third-order valence-electron chi connectivity index (χ3n) is 8.06. The summed E-state index contributed by atoms with van der Waals surface area (Å²) in [6.45, 7) is 2.15. The number of anilines is 1. The van der Waals surface area contributed by atoms with E-state index in [2.05, 4.69) is 31.0 Å². The van der Waals surface area contributed by atoms with Gasteiger partial charge in [0.05, 0.1) is 47.9 Å². The smallest absolute Gasteiger partial charge is 0.358 e. The van der Waals surface area contributed by atoms with Crippen molar-refractivity contribution in [2.45, 2.75) is 44.7 Å². The van der Waals surface area contributed by atoms with E-state index < -0.39 is 12.0 Å². The van der Waals surface area contributed by atoms with E-state index in [4.69, 9.17) is 11.6 Å². The van der Waals surface area contributed by atoms with Crippen molar-refractivity contribution in [1.29, 1.82) is 0 Å². The Morgan fingerprint density at radius 3 is 2.77 bits per heavy atom. The van der Waals surface area contributed by atoms with Gasteiger partial charge >= 0.3 is 5.97 Å². The minimum absolute atomic E-state index is 0.0700. The monoisotopic (exact) mass is 603 g/mol. The fraction of sp³-hybridized carbons (Fsp3) is 0.345. The molecule has 43 heavy (non-hydrogen) atoms. The van der Waals surface area contributed by atoms with Crippen LogP contribution < -0.4 is 10.6 Å². The number of amides is 2. The Morgan fingerprint density at radius 2 is 2.00 bits per heavy atom. The fourth-order valence-electron chi connectivity index (χ4n) is 5.77. The van der Waals surface area contributed by atoms with E-state index in [1.54, 1.807) is 40.2 Å². The highest BCUT2D eigenvalue weighted by Gasteiger charge is 2.34. The molecule has 3 N–H and O–H groups in total. The highest BCUT2D eigenvalue weighted by atomic mass is 35.5. The van der Waals surface area contributed by atoms with E-state index in [1.165, 1.54) is 10.9 Å². The van der Waals surface area contributed by atoms with Crippen LogP contribution in [0.2, 0.25) is 5.02 Å². The minimum atomic E-state index is -1.19. The second-order valence-electron chi connectivity index (χ2n) is 10.9. The Kier molecular flexibility index (Phi) is 7.67. The number of pyridine rings is 1. The van der Waals surface area contributed by atoms with E-state index in [-0.39, 0.29) is 42.6 Å². The van der Waals surface area contributed by atoms with Crippen molar-refractivity contribution in [3.05, 3.63) is 70.9 Å². The van der Waals surface area contributed by atoms with Crippen molar-refractivity contribution in [2.75, 3.05) is 12.0 Å². The number of benzene rings is 1. The molecule has 13 nitrogen and oxygen atoms in total. The van der Waals surface area contributed by atoms with Crippen LogP contribution in [0.25, 0.3) is 16.9 Å². The molecule has 0 radical (unpaired) electrons. The maximum atomic E-state index is 13.8. The van der Waals surface area contributed by atoms with Gasteiger partial charge in [0.2, 0.25) is 11.8 Å². The molecule has 5 heterocycles. The van der Waals surface area contributed by atoms with E-state index in [1.807, 2.05) is 26.1 Å². The summed E-state index contributed by atoms with van der Waals surface area (Å²) in [5.74, 6) is -1.55. The molecular formula is C29H30ClN9O4. The molecule has 2 aliphatic rings. The summed E-state index contributed by atoms with van der Waals surface area (Å²) in [5.41, 5.74) is 4.07. The molecule has 14 heteroatoms. The first-order valence-electron chi connectivity index (χ1n) is 14.0. The number of fused-ring (bicyclic) bond motifs is 4. The average molecular weight is 604 g/mol. The SMILES string of the molecule is C[C@@H]1CCC[C@H](N2CNC(c3cc(Cl)ccc3-n3cc(C(=O)O)nn3)CC2=O)c2cc(ccn2)-c2c(cnn2C)NC1=O. The number of carbonyl (C=O) groups is 3. The molecule has 2 amide bonds. The van der Waals surface area contributed by atoms with Crippen LogP contribution in [0.3, 0.4) is 0 Å². The molecule has 0 spiro atoms. The van der Waals surface area contributed by atoms with Crippen LogP contribution in [0.15, 0.2) is 48.9 Å². The van der Waals surface area contributed by atoms with Gasteiger partial charge in [0.1, 0.15) is 0 Å². The van der Waals surface area contributed by atoms with Crippen LogP contribution in [-0.2, 0) is 16.6 Å². The number of hydrogen-bond acceptors (Lipinski definition) is 8. The number of halogens is 1. The molecule has 6 rings (SSSR count). The second kappa shape index (κ2) is 11.6. The topological polar surface area (TPSA) is 160 Å². The summed E-state index contributed by atoms with van der Waals surface area (Å²) in [5, 5.41) is 28.3. The third-order valence-corrected chi connectivity index (χ3v) is 8.30. The number of nitrogens with zero attached hydrogens (tertiary/aromatic N) is 7. The van der Waals surface area contributed by atoms with Gasteiger partial charge in [-0.15, -0.1) is 5.10 Å². The van der Waals surface area contributed by atoms with Gasteiger partial charge in [0.15, 0.2) is 5.69 Å². The Labute approximate surface area is 251 Å². The summed E-state index contributed by atoms with van der Waals surface area (Å²) in [6, 6.07) is 8.26. The van der Waals surface area contributed by atoms with E-state index in [0.717, 1.165) is 23.4 Å². The minimum Gasteiger partial charge on any atom is -0.476 e. The van der Waals surface area contributed by atoms with Crippen molar-refractivity contribution in [3.8, 4) is 16.9 Å². The molecule has 1 unspecified atom stereocenters. The standard InChI is InChI=1S/C29H30ClN9O4/c1-16-4-3-5-25(21-10-17(8-9-31-21)27-22(34-28(16)41)13-33-37(27)2)38-15-32-20(12-26(38)40)19-11-18(30)6-7-24(19)39-14-23(29(42)43)35-36-39/h6-11,13-14,16,20,25,32H,3-5,12,15H2,1-2H3,(H,34,41)(H,42,43)/t16-,20?,25+/m1/s1. The first kappa shape index (κ1) is 28.5. The van der Waals surface area contributed by atoms with E-state index >= 15 is 0 Å². The first-order chi connectivity index (χ1) is 20.7. The van der Waals surface area contributed by atoms with Gasteiger partial charge in [0, 0.05) is 42.2 Å². The van der Waals surface area contributed by atoms with Crippen LogP contribution in [0.4, 0.5) is 5.69 Å². The van der Waals surface area contributed by atoms with Crippen LogP contribution >= 0.6 is 11.6 Å². The molecule has 4 aromatic rings. The van der Waals surface area contributed by atoms with Gasteiger partial charge in [0.25, 0.3) is 0 Å². The number of aryl methyl sites for hydroxylation is 1. The Morgan fingerprint density at radius 1 is 1.16 bits per heavy atom. The zero-order valence-electron chi connectivity index (χ0n) is 23.6. The molecule has 3 aromatic heterocycles. The van der Waals surface area contributed by atoms with Crippen molar-refractivity contribution in [3.63, 3.8) is 0 Å². The first-order valence-corrected chi connectivity index (χ1v) is 14.3.